The first-order valence-electron chi connectivity index (χ1n) is 8.62. The fraction of sp³-hybridized carbons (Fsp3) is 0.263. The molecule has 0 saturated heterocycles. The first-order valence-corrected chi connectivity index (χ1v) is 9.43. The molecule has 3 aromatic heterocycles. The molecule has 0 saturated carbocycles. The number of hydrogen-bond donors (Lipinski definition) is 1. The predicted octanol–water partition coefficient (Wildman–Crippen LogP) is 4.07. The van der Waals surface area contributed by atoms with Gasteiger partial charge >= 0.3 is 0 Å². The largest absolute Gasteiger partial charge is 0.369 e. The molecule has 0 spiro atoms. The average molecular weight is 364 g/mol. The van der Waals surface area contributed by atoms with Crippen molar-refractivity contribution in [1.29, 1.82) is 0 Å². The number of anilines is 1. The molecule has 0 fully saturated rings. The smallest absolute Gasteiger partial charge is 0.163 e. The molecule has 0 aliphatic heterocycles. The molecule has 4 aromatic rings. The van der Waals surface area contributed by atoms with Crippen LogP contribution in [0.4, 0.5) is 5.82 Å². The predicted molar refractivity (Wildman–Crippen MR) is 105 cm³/mol. The monoisotopic (exact) mass is 364 g/mol. The Morgan fingerprint density at radius 2 is 1.96 bits per heavy atom. The molecule has 26 heavy (non-hydrogen) atoms. The highest BCUT2D eigenvalue weighted by molar-refractivity contribution is 7.18. The summed E-state index contributed by atoms with van der Waals surface area (Å²) in [5.41, 5.74) is 2.28. The number of thiophene rings is 1. The van der Waals surface area contributed by atoms with Gasteiger partial charge in [0.15, 0.2) is 5.82 Å². The van der Waals surface area contributed by atoms with Gasteiger partial charge in [0, 0.05) is 23.5 Å². The van der Waals surface area contributed by atoms with Crippen LogP contribution in [0, 0.1) is 13.8 Å². The first-order chi connectivity index (χ1) is 12.7. The van der Waals surface area contributed by atoms with E-state index in [1.165, 1.54) is 10.4 Å². The lowest BCUT2D eigenvalue weighted by Gasteiger charge is -2.10. The third kappa shape index (κ3) is 3.30. The second-order valence-electron chi connectivity index (χ2n) is 6.16. The maximum atomic E-state index is 4.83. The second-order valence-corrected chi connectivity index (χ2v) is 7.37. The summed E-state index contributed by atoms with van der Waals surface area (Å²) in [5.74, 6) is 1.67. The Bertz CT molecular complexity index is 1010. The number of nitrogens with one attached hydrogen (secondary N) is 1. The topological polar surface area (TPSA) is 68.5 Å². The average Bonchev–Trinajstić information content (AvgIpc) is 3.28. The Labute approximate surface area is 156 Å². The Kier molecular flexibility index (Phi) is 4.62. The summed E-state index contributed by atoms with van der Waals surface area (Å²) in [7, 11) is 0. The highest BCUT2D eigenvalue weighted by atomic mass is 32.1. The van der Waals surface area contributed by atoms with Crippen molar-refractivity contribution in [3.8, 4) is 11.4 Å². The summed E-state index contributed by atoms with van der Waals surface area (Å²) in [6.45, 7) is 5.92. The fourth-order valence-electron chi connectivity index (χ4n) is 2.89. The minimum atomic E-state index is 0.762. The van der Waals surface area contributed by atoms with Gasteiger partial charge in [-0.15, -0.1) is 11.3 Å². The second kappa shape index (κ2) is 7.21. The Morgan fingerprint density at radius 1 is 1.12 bits per heavy atom. The van der Waals surface area contributed by atoms with Crippen LogP contribution < -0.4 is 5.32 Å². The van der Waals surface area contributed by atoms with Gasteiger partial charge in [-0.1, -0.05) is 30.3 Å². The molecule has 7 heteroatoms. The zero-order valence-corrected chi connectivity index (χ0v) is 15.6. The van der Waals surface area contributed by atoms with Crippen LogP contribution in [0.1, 0.15) is 16.9 Å². The van der Waals surface area contributed by atoms with Gasteiger partial charge in [0.05, 0.1) is 5.39 Å². The summed E-state index contributed by atoms with van der Waals surface area (Å²) >= 11 is 1.73. The highest BCUT2D eigenvalue weighted by Gasteiger charge is 2.15. The molecule has 0 aliphatic carbocycles. The third-order valence-electron chi connectivity index (χ3n) is 4.38. The van der Waals surface area contributed by atoms with Crippen molar-refractivity contribution in [1.82, 2.24) is 24.7 Å². The highest BCUT2D eigenvalue weighted by Crippen LogP contribution is 2.34. The summed E-state index contributed by atoms with van der Waals surface area (Å²) in [5, 5.41) is 8.78. The van der Waals surface area contributed by atoms with Crippen molar-refractivity contribution < 1.29 is 0 Å². The normalized spacial score (nSPS) is 11.2. The van der Waals surface area contributed by atoms with E-state index >= 15 is 0 Å². The van der Waals surface area contributed by atoms with E-state index in [2.05, 4.69) is 29.2 Å². The molecule has 0 aliphatic rings. The summed E-state index contributed by atoms with van der Waals surface area (Å²) < 4.78 is 1.84. The van der Waals surface area contributed by atoms with Crippen LogP contribution >= 0.6 is 11.3 Å². The van der Waals surface area contributed by atoms with Crippen LogP contribution in [0.3, 0.4) is 0 Å². The summed E-state index contributed by atoms with van der Waals surface area (Å²) in [4.78, 5) is 15.9. The van der Waals surface area contributed by atoms with Gasteiger partial charge in [-0.25, -0.2) is 15.0 Å². The molecule has 0 bridgehead atoms. The molecule has 1 aromatic carbocycles. The van der Waals surface area contributed by atoms with Gasteiger partial charge in [0.2, 0.25) is 0 Å². The number of hydrogen-bond acceptors (Lipinski definition) is 6. The number of aromatic nitrogens is 5. The molecule has 3 heterocycles. The molecule has 4 rings (SSSR count). The first kappa shape index (κ1) is 16.7. The maximum Gasteiger partial charge on any atom is 0.163 e. The molecule has 0 amide bonds. The summed E-state index contributed by atoms with van der Waals surface area (Å²) in [6.07, 6.45) is 4.24. The lowest BCUT2D eigenvalue weighted by atomic mass is 10.2. The van der Waals surface area contributed by atoms with E-state index in [1.807, 2.05) is 35.0 Å². The van der Waals surface area contributed by atoms with Crippen molar-refractivity contribution in [2.75, 3.05) is 11.9 Å². The van der Waals surface area contributed by atoms with Crippen molar-refractivity contribution in [3.05, 3.63) is 53.4 Å². The molecule has 132 valence electrons. The molecule has 0 unspecified atom stereocenters. The minimum Gasteiger partial charge on any atom is -0.369 e. The van der Waals surface area contributed by atoms with Crippen LogP contribution in [0.5, 0.6) is 0 Å². The molecular weight excluding hydrogens is 344 g/mol. The quantitative estimate of drug-likeness (QED) is 0.522. The zero-order chi connectivity index (χ0) is 17.9. The van der Waals surface area contributed by atoms with Gasteiger partial charge in [-0.05, 0) is 25.8 Å². The lowest BCUT2D eigenvalue weighted by Crippen LogP contribution is -2.09. The fourth-order valence-corrected chi connectivity index (χ4v) is 3.92. The zero-order valence-electron chi connectivity index (χ0n) is 14.8. The molecule has 0 radical (unpaired) electrons. The van der Waals surface area contributed by atoms with Crippen LogP contribution in [0.25, 0.3) is 21.6 Å². The van der Waals surface area contributed by atoms with E-state index in [0.29, 0.717) is 0 Å². The standard InChI is InChI=1S/C19H20N6S/c1-13-14(2)26-19-16(13)18(21-9-6-10-25-12-20-11-22-25)23-17(24-19)15-7-4-3-5-8-15/h3-5,7-8,11-12H,6,9-10H2,1-2H3,(H,21,23,24). The third-order valence-corrected chi connectivity index (χ3v) is 5.48. The van der Waals surface area contributed by atoms with E-state index < -0.39 is 0 Å². The van der Waals surface area contributed by atoms with Crippen molar-refractivity contribution >= 4 is 27.4 Å². The van der Waals surface area contributed by atoms with Gasteiger partial charge in [-0.2, -0.15) is 5.10 Å². The summed E-state index contributed by atoms with van der Waals surface area (Å²) in [6, 6.07) is 10.1. The number of nitrogens with zero attached hydrogens (tertiary/aromatic N) is 5. The molecule has 1 N–H and O–H groups in total. The number of benzene rings is 1. The van der Waals surface area contributed by atoms with Crippen LogP contribution in [0.2, 0.25) is 0 Å². The Morgan fingerprint density at radius 3 is 2.73 bits per heavy atom. The van der Waals surface area contributed by atoms with Gasteiger partial charge in [-0.3, -0.25) is 4.68 Å². The lowest BCUT2D eigenvalue weighted by molar-refractivity contribution is 0.590. The molecule has 6 nitrogen and oxygen atoms in total. The SMILES string of the molecule is Cc1sc2nc(-c3ccccc3)nc(NCCCn3cncn3)c2c1C. The van der Waals surface area contributed by atoms with Gasteiger partial charge in [0.25, 0.3) is 0 Å². The van der Waals surface area contributed by atoms with Crippen molar-refractivity contribution in [2.24, 2.45) is 0 Å². The van der Waals surface area contributed by atoms with Crippen LogP contribution in [-0.4, -0.2) is 31.3 Å². The van der Waals surface area contributed by atoms with E-state index in [4.69, 9.17) is 9.97 Å². The van der Waals surface area contributed by atoms with Crippen molar-refractivity contribution in [3.63, 3.8) is 0 Å². The maximum absolute atomic E-state index is 4.83. The Balaban J connectivity index is 1.62. The number of fused-ring (bicyclic) bond motifs is 1. The van der Waals surface area contributed by atoms with Gasteiger partial charge in [0.1, 0.15) is 23.3 Å². The van der Waals surface area contributed by atoms with E-state index in [9.17, 15) is 0 Å². The van der Waals surface area contributed by atoms with E-state index in [0.717, 1.165) is 46.9 Å². The van der Waals surface area contributed by atoms with E-state index in [1.54, 1.807) is 24.0 Å². The number of aryl methyl sites for hydroxylation is 3. The molecular formula is C19H20N6S. The van der Waals surface area contributed by atoms with Gasteiger partial charge < -0.3 is 5.32 Å². The van der Waals surface area contributed by atoms with E-state index in [-0.39, 0.29) is 0 Å². The molecule has 0 atom stereocenters. The van der Waals surface area contributed by atoms with Crippen LogP contribution in [-0.2, 0) is 6.54 Å². The number of rotatable bonds is 6. The Hall–Kier alpha value is -2.80. The van der Waals surface area contributed by atoms with Crippen LogP contribution in [0.15, 0.2) is 43.0 Å². The van der Waals surface area contributed by atoms with Crippen molar-refractivity contribution in [2.45, 2.75) is 26.8 Å². The minimum absolute atomic E-state index is 0.762.